The maximum Gasteiger partial charge on any atom is 0.146 e. The summed E-state index contributed by atoms with van der Waals surface area (Å²) in [4.78, 5) is 0. The normalized spacial score (nSPS) is 12.3. The van der Waals surface area contributed by atoms with Gasteiger partial charge >= 0.3 is 0 Å². The first kappa shape index (κ1) is 14.0. The van der Waals surface area contributed by atoms with Crippen molar-refractivity contribution in [2.45, 2.75) is 19.9 Å². The van der Waals surface area contributed by atoms with Crippen LogP contribution < -0.4 is 5.32 Å². The zero-order chi connectivity index (χ0) is 14.0. The summed E-state index contributed by atoms with van der Waals surface area (Å²) in [6.45, 7) is 3.68. The Kier molecular flexibility index (Phi) is 4.20. The van der Waals surface area contributed by atoms with Gasteiger partial charge in [0.25, 0.3) is 0 Å². The van der Waals surface area contributed by atoms with Gasteiger partial charge in [-0.25, -0.2) is 8.78 Å². The summed E-state index contributed by atoms with van der Waals surface area (Å²) < 4.78 is 28.2. The van der Waals surface area contributed by atoms with Crippen LogP contribution in [0.3, 0.4) is 0 Å². The Morgan fingerprint density at radius 1 is 1.05 bits per heavy atom. The molecule has 1 atom stereocenters. The summed E-state index contributed by atoms with van der Waals surface area (Å²) in [7, 11) is 0. The van der Waals surface area contributed by atoms with Gasteiger partial charge in [0.1, 0.15) is 11.6 Å². The fraction of sp³-hybridized carbons (Fsp3) is 0.200. The summed E-state index contributed by atoms with van der Waals surface area (Å²) in [5.41, 5.74) is 1.83. The molecule has 0 aromatic heterocycles. The van der Waals surface area contributed by atoms with E-state index < -0.39 is 0 Å². The number of nitrogens with one attached hydrogen (secondary N) is 1. The lowest BCUT2D eigenvalue weighted by Gasteiger charge is -2.17. The summed E-state index contributed by atoms with van der Waals surface area (Å²) in [5, 5.41) is 3.00. The lowest BCUT2D eigenvalue weighted by Crippen LogP contribution is -2.10. The predicted molar refractivity (Wildman–Crippen MR) is 77.3 cm³/mol. The van der Waals surface area contributed by atoms with Crippen LogP contribution >= 0.6 is 15.9 Å². The van der Waals surface area contributed by atoms with Gasteiger partial charge in [-0.2, -0.15) is 0 Å². The predicted octanol–water partition coefficient (Wildman–Crippen LogP) is 5.21. The number of rotatable bonds is 3. The molecule has 0 radical (unpaired) electrons. The third-order valence-electron chi connectivity index (χ3n) is 2.92. The SMILES string of the molecule is Cc1ccc(F)c(NC(C)c2cc(Br)ccc2F)c1. The van der Waals surface area contributed by atoms with Crippen molar-refractivity contribution in [3.63, 3.8) is 0 Å². The second-order valence-electron chi connectivity index (χ2n) is 4.52. The Hall–Kier alpha value is -1.42. The molecule has 0 amide bonds. The van der Waals surface area contributed by atoms with Crippen LogP contribution in [0.1, 0.15) is 24.1 Å². The lowest BCUT2D eigenvalue weighted by molar-refractivity contribution is 0.596. The molecule has 1 nitrogen and oxygen atoms in total. The molecule has 2 aromatic carbocycles. The third-order valence-corrected chi connectivity index (χ3v) is 3.41. The van der Waals surface area contributed by atoms with Crippen molar-refractivity contribution in [3.05, 3.63) is 63.6 Å². The first-order valence-corrected chi connectivity index (χ1v) is 6.74. The molecule has 0 fully saturated rings. The summed E-state index contributed by atoms with van der Waals surface area (Å²) >= 11 is 3.31. The van der Waals surface area contributed by atoms with Crippen LogP contribution in [0.4, 0.5) is 14.5 Å². The zero-order valence-corrected chi connectivity index (χ0v) is 12.3. The Balaban J connectivity index is 2.27. The number of anilines is 1. The average molecular weight is 326 g/mol. The van der Waals surface area contributed by atoms with E-state index in [-0.39, 0.29) is 17.7 Å². The molecule has 19 heavy (non-hydrogen) atoms. The summed E-state index contributed by atoms with van der Waals surface area (Å²) in [6, 6.07) is 9.21. The van der Waals surface area contributed by atoms with Crippen molar-refractivity contribution in [1.82, 2.24) is 0 Å². The van der Waals surface area contributed by atoms with E-state index in [2.05, 4.69) is 21.2 Å². The maximum atomic E-state index is 13.7. The lowest BCUT2D eigenvalue weighted by atomic mass is 10.1. The Morgan fingerprint density at radius 3 is 2.47 bits per heavy atom. The minimum absolute atomic E-state index is 0.309. The topological polar surface area (TPSA) is 12.0 Å². The smallest absolute Gasteiger partial charge is 0.146 e. The number of halogens is 3. The number of aryl methyl sites for hydroxylation is 1. The van der Waals surface area contributed by atoms with Crippen LogP contribution in [0.2, 0.25) is 0 Å². The van der Waals surface area contributed by atoms with Gasteiger partial charge < -0.3 is 5.32 Å². The minimum Gasteiger partial charge on any atom is -0.376 e. The van der Waals surface area contributed by atoms with E-state index in [0.29, 0.717) is 11.3 Å². The largest absolute Gasteiger partial charge is 0.376 e. The fourth-order valence-electron chi connectivity index (χ4n) is 1.91. The van der Waals surface area contributed by atoms with Crippen LogP contribution in [-0.2, 0) is 0 Å². The van der Waals surface area contributed by atoms with E-state index in [0.717, 1.165) is 10.0 Å². The second-order valence-corrected chi connectivity index (χ2v) is 5.43. The van der Waals surface area contributed by atoms with Crippen molar-refractivity contribution in [2.75, 3.05) is 5.32 Å². The maximum absolute atomic E-state index is 13.7. The number of benzene rings is 2. The van der Waals surface area contributed by atoms with Crippen molar-refractivity contribution in [1.29, 1.82) is 0 Å². The molecule has 0 saturated carbocycles. The van der Waals surface area contributed by atoms with Crippen molar-refractivity contribution >= 4 is 21.6 Å². The Morgan fingerprint density at radius 2 is 1.74 bits per heavy atom. The highest BCUT2D eigenvalue weighted by atomic mass is 79.9. The molecule has 1 unspecified atom stereocenters. The average Bonchev–Trinajstić information content (AvgIpc) is 2.36. The Bertz CT molecular complexity index is 599. The molecule has 0 bridgehead atoms. The minimum atomic E-state index is -0.340. The van der Waals surface area contributed by atoms with Gasteiger partial charge in [-0.05, 0) is 49.7 Å². The van der Waals surface area contributed by atoms with Crippen LogP contribution in [0.5, 0.6) is 0 Å². The standard InChI is InChI=1S/C15H14BrF2N/c1-9-3-5-14(18)15(7-9)19-10(2)12-8-11(16)4-6-13(12)17/h3-8,10,19H,1-2H3. The van der Waals surface area contributed by atoms with E-state index in [9.17, 15) is 8.78 Å². The molecule has 0 aliphatic rings. The molecule has 0 spiro atoms. The van der Waals surface area contributed by atoms with Gasteiger partial charge in [0.2, 0.25) is 0 Å². The third kappa shape index (κ3) is 3.32. The van der Waals surface area contributed by atoms with Crippen molar-refractivity contribution < 1.29 is 8.78 Å². The van der Waals surface area contributed by atoms with Gasteiger partial charge in [-0.1, -0.05) is 22.0 Å². The molecule has 4 heteroatoms. The van der Waals surface area contributed by atoms with Gasteiger partial charge in [0.05, 0.1) is 11.7 Å². The molecule has 0 heterocycles. The van der Waals surface area contributed by atoms with Crippen molar-refractivity contribution in [3.8, 4) is 0 Å². The molecular weight excluding hydrogens is 312 g/mol. The molecule has 0 aliphatic carbocycles. The first-order chi connectivity index (χ1) is 8.97. The van der Waals surface area contributed by atoms with Gasteiger partial charge in [0.15, 0.2) is 0 Å². The molecular formula is C15H14BrF2N. The quantitative estimate of drug-likeness (QED) is 0.816. The molecule has 2 aromatic rings. The fourth-order valence-corrected chi connectivity index (χ4v) is 2.29. The zero-order valence-electron chi connectivity index (χ0n) is 10.7. The summed E-state index contributed by atoms with van der Waals surface area (Å²) in [6.07, 6.45) is 0. The highest BCUT2D eigenvalue weighted by Crippen LogP contribution is 2.26. The number of hydrogen-bond acceptors (Lipinski definition) is 1. The van der Waals surface area contributed by atoms with Gasteiger partial charge in [-0.15, -0.1) is 0 Å². The Labute approximate surface area is 119 Å². The van der Waals surface area contributed by atoms with E-state index in [1.165, 1.54) is 12.1 Å². The molecule has 100 valence electrons. The van der Waals surface area contributed by atoms with Crippen LogP contribution in [0, 0.1) is 18.6 Å². The van der Waals surface area contributed by atoms with Crippen LogP contribution in [-0.4, -0.2) is 0 Å². The molecule has 0 saturated heterocycles. The van der Waals surface area contributed by atoms with E-state index in [1.807, 2.05) is 6.92 Å². The summed E-state index contributed by atoms with van der Waals surface area (Å²) in [5.74, 6) is -0.649. The van der Waals surface area contributed by atoms with Crippen molar-refractivity contribution in [2.24, 2.45) is 0 Å². The first-order valence-electron chi connectivity index (χ1n) is 5.95. The molecule has 2 rings (SSSR count). The van der Waals surface area contributed by atoms with Gasteiger partial charge in [0, 0.05) is 10.0 Å². The van der Waals surface area contributed by atoms with E-state index in [4.69, 9.17) is 0 Å². The van der Waals surface area contributed by atoms with Gasteiger partial charge in [-0.3, -0.25) is 0 Å². The second kappa shape index (κ2) is 5.70. The molecule has 0 aliphatic heterocycles. The number of hydrogen-bond donors (Lipinski definition) is 1. The van der Waals surface area contributed by atoms with E-state index in [1.54, 1.807) is 31.2 Å². The molecule has 1 N–H and O–H groups in total. The highest BCUT2D eigenvalue weighted by molar-refractivity contribution is 9.10. The monoisotopic (exact) mass is 325 g/mol. The van der Waals surface area contributed by atoms with E-state index >= 15 is 0 Å². The highest BCUT2D eigenvalue weighted by Gasteiger charge is 2.13. The van der Waals surface area contributed by atoms with Crippen LogP contribution in [0.25, 0.3) is 0 Å². The van der Waals surface area contributed by atoms with Crippen LogP contribution in [0.15, 0.2) is 40.9 Å².